The number of aromatic amines is 1. The summed E-state index contributed by atoms with van der Waals surface area (Å²) in [5.41, 5.74) is 4.00. The van der Waals surface area contributed by atoms with Gasteiger partial charge in [-0.1, -0.05) is 18.2 Å². The van der Waals surface area contributed by atoms with E-state index in [1.54, 1.807) is 44.2 Å². The molecule has 0 aliphatic heterocycles. The Balaban J connectivity index is 1.50. The van der Waals surface area contributed by atoms with Gasteiger partial charge in [-0.25, -0.2) is 8.42 Å². The molecule has 2 aromatic carbocycles. The van der Waals surface area contributed by atoms with Gasteiger partial charge in [-0.2, -0.15) is 0 Å². The molecule has 1 aromatic heterocycles. The molecule has 6 nitrogen and oxygen atoms in total. The summed E-state index contributed by atoms with van der Waals surface area (Å²) in [4.78, 5) is 27.9. The molecule has 1 heterocycles. The molecule has 1 aliphatic rings. The number of carbonyl (C=O) groups is 1. The molecule has 2 N–H and O–H groups in total. The molecule has 3 aromatic rings. The number of aryl methyl sites for hydroxylation is 1. The Morgan fingerprint density at radius 1 is 1.07 bits per heavy atom. The molecule has 0 spiro atoms. The van der Waals surface area contributed by atoms with Crippen LogP contribution in [0.2, 0.25) is 0 Å². The summed E-state index contributed by atoms with van der Waals surface area (Å²) >= 11 is 0. The molecule has 0 atom stereocenters. The summed E-state index contributed by atoms with van der Waals surface area (Å²) in [6.07, 6.45) is 2.84. The lowest BCUT2D eigenvalue weighted by Gasteiger charge is -2.10. The highest BCUT2D eigenvalue weighted by Crippen LogP contribution is 2.27. The van der Waals surface area contributed by atoms with Crippen molar-refractivity contribution in [3.8, 4) is 0 Å². The monoisotopic (exact) mass is 424 g/mol. The number of nitrogens with one attached hydrogen (secondary N) is 2. The summed E-state index contributed by atoms with van der Waals surface area (Å²) in [5, 5.41) is 3.39. The van der Waals surface area contributed by atoms with Gasteiger partial charge in [-0.05, 0) is 68.5 Å². The Morgan fingerprint density at radius 3 is 2.47 bits per heavy atom. The van der Waals surface area contributed by atoms with Crippen LogP contribution in [0, 0.1) is 0 Å². The van der Waals surface area contributed by atoms with Crippen molar-refractivity contribution >= 4 is 32.3 Å². The van der Waals surface area contributed by atoms with Crippen molar-refractivity contribution < 1.29 is 13.2 Å². The number of pyridine rings is 1. The second kappa shape index (κ2) is 7.72. The quantitative estimate of drug-likeness (QED) is 0.656. The van der Waals surface area contributed by atoms with Gasteiger partial charge in [0.1, 0.15) is 0 Å². The van der Waals surface area contributed by atoms with E-state index in [0.717, 1.165) is 46.9 Å². The molecule has 7 heteroatoms. The largest absolute Gasteiger partial charge is 0.326 e. The van der Waals surface area contributed by atoms with Crippen molar-refractivity contribution in [1.82, 2.24) is 4.98 Å². The summed E-state index contributed by atoms with van der Waals surface area (Å²) < 4.78 is 24.4. The van der Waals surface area contributed by atoms with Gasteiger partial charge in [-0.3, -0.25) is 9.59 Å². The minimum absolute atomic E-state index is 0.0464. The second-order valence-corrected chi connectivity index (χ2v) is 10.5. The Hall–Kier alpha value is -2.93. The van der Waals surface area contributed by atoms with E-state index in [9.17, 15) is 18.0 Å². The maximum atomic E-state index is 12.5. The number of hydrogen-bond donors (Lipinski definition) is 2. The summed E-state index contributed by atoms with van der Waals surface area (Å²) in [7, 11) is -3.33. The van der Waals surface area contributed by atoms with Crippen LogP contribution in [0.25, 0.3) is 10.9 Å². The standard InChI is InChI=1S/C23H24N2O4S/c1-14(2)30(28,29)17-9-6-15(7-10-17)12-22(26)24-16-8-11-19-18-4-3-5-20(18)23(27)25-21(19)13-16/h6-11,13-14H,3-5,12H2,1-2H3,(H,24,26)(H,25,27). The topological polar surface area (TPSA) is 96.1 Å². The van der Waals surface area contributed by atoms with Gasteiger partial charge in [0.25, 0.3) is 5.56 Å². The zero-order valence-corrected chi connectivity index (χ0v) is 17.8. The number of amides is 1. The van der Waals surface area contributed by atoms with Gasteiger partial charge in [0.15, 0.2) is 9.84 Å². The number of anilines is 1. The number of fused-ring (bicyclic) bond motifs is 3. The number of hydrogen-bond acceptors (Lipinski definition) is 4. The Kier molecular flexibility index (Phi) is 5.24. The highest BCUT2D eigenvalue weighted by molar-refractivity contribution is 7.92. The molecule has 4 rings (SSSR count). The third-order valence-electron chi connectivity index (χ3n) is 5.61. The lowest BCUT2D eigenvalue weighted by molar-refractivity contribution is -0.115. The van der Waals surface area contributed by atoms with E-state index < -0.39 is 15.1 Å². The summed E-state index contributed by atoms with van der Waals surface area (Å²) in [6.45, 7) is 3.28. The van der Waals surface area contributed by atoms with Crippen LogP contribution in [-0.2, 0) is 33.9 Å². The van der Waals surface area contributed by atoms with E-state index in [1.165, 1.54) is 0 Å². The molecule has 30 heavy (non-hydrogen) atoms. The molecular weight excluding hydrogens is 400 g/mol. The molecule has 0 bridgehead atoms. The summed E-state index contributed by atoms with van der Waals surface area (Å²) in [6, 6.07) is 12.0. The Labute approximate surface area is 175 Å². The van der Waals surface area contributed by atoms with Gasteiger partial charge < -0.3 is 10.3 Å². The van der Waals surface area contributed by atoms with E-state index in [1.807, 2.05) is 12.1 Å². The average Bonchev–Trinajstić information content (AvgIpc) is 3.19. The highest BCUT2D eigenvalue weighted by Gasteiger charge is 2.19. The number of H-pyrrole nitrogens is 1. The third-order valence-corrected chi connectivity index (χ3v) is 7.78. The van der Waals surface area contributed by atoms with Gasteiger partial charge in [0.2, 0.25) is 5.91 Å². The lowest BCUT2D eigenvalue weighted by Crippen LogP contribution is -2.16. The number of carbonyl (C=O) groups excluding carboxylic acids is 1. The number of aromatic nitrogens is 1. The highest BCUT2D eigenvalue weighted by atomic mass is 32.2. The third kappa shape index (κ3) is 3.77. The predicted octanol–water partition coefficient (Wildman–Crippen LogP) is 3.38. The van der Waals surface area contributed by atoms with Crippen LogP contribution in [0.4, 0.5) is 5.69 Å². The normalized spacial score (nSPS) is 13.6. The second-order valence-electron chi connectivity index (χ2n) is 7.99. The Bertz CT molecular complexity index is 1290. The van der Waals surface area contributed by atoms with Crippen LogP contribution in [0.3, 0.4) is 0 Å². The SMILES string of the molecule is CC(C)S(=O)(=O)c1ccc(CC(=O)Nc2ccc3c4c(c(=O)[nH]c3c2)CCC4)cc1. The molecule has 1 aliphatic carbocycles. The molecule has 0 saturated carbocycles. The number of benzene rings is 2. The van der Waals surface area contributed by atoms with Crippen LogP contribution < -0.4 is 10.9 Å². The van der Waals surface area contributed by atoms with E-state index in [4.69, 9.17) is 0 Å². The minimum atomic E-state index is -3.33. The molecule has 156 valence electrons. The van der Waals surface area contributed by atoms with E-state index in [0.29, 0.717) is 5.69 Å². The van der Waals surface area contributed by atoms with Gasteiger partial charge in [0, 0.05) is 16.6 Å². The molecule has 0 radical (unpaired) electrons. The number of sulfone groups is 1. The molecule has 0 fully saturated rings. The van der Waals surface area contributed by atoms with Crippen molar-refractivity contribution in [1.29, 1.82) is 0 Å². The van der Waals surface area contributed by atoms with Crippen LogP contribution in [0.1, 0.15) is 37.0 Å². The van der Waals surface area contributed by atoms with Crippen molar-refractivity contribution in [3.63, 3.8) is 0 Å². The van der Waals surface area contributed by atoms with Gasteiger partial charge in [0.05, 0.1) is 22.1 Å². The average molecular weight is 425 g/mol. The van der Waals surface area contributed by atoms with Crippen molar-refractivity contribution in [3.05, 3.63) is 69.5 Å². The lowest BCUT2D eigenvalue weighted by atomic mass is 10.1. The van der Waals surface area contributed by atoms with Crippen LogP contribution in [0.5, 0.6) is 0 Å². The zero-order valence-electron chi connectivity index (χ0n) is 17.0. The van der Waals surface area contributed by atoms with Crippen LogP contribution >= 0.6 is 0 Å². The van der Waals surface area contributed by atoms with Crippen LogP contribution in [-0.4, -0.2) is 24.6 Å². The molecule has 0 unspecified atom stereocenters. The zero-order chi connectivity index (χ0) is 21.5. The maximum absolute atomic E-state index is 12.5. The molecule has 0 saturated heterocycles. The first kappa shape index (κ1) is 20.3. The smallest absolute Gasteiger partial charge is 0.251 e. The predicted molar refractivity (Wildman–Crippen MR) is 118 cm³/mol. The van der Waals surface area contributed by atoms with Crippen molar-refractivity contribution in [2.24, 2.45) is 0 Å². The fraction of sp³-hybridized carbons (Fsp3) is 0.304. The first-order valence-corrected chi connectivity index (χ1v) is 11.6. The van der Waals surface area contributed by atoms with Gasteiger partial charge in [-0.15, -0.1) is 0 Å². The summed E-state index contributed by atoms with van der Waals surface area (Å²) in [5.74, 6) is -0.211. The fourth-order valence-electron chi connectivity index (χ4n) is 3.94. The van der Waals surface area contributed by atoms with Gasteiger partial charge >= 0.3 is 0 Å². The van der Waals surface area contributed by atoms with E-state index >= 15 is 0 Å². The van der Waals surface area contributed by atoms with Crippen LogP contribution in [0.15, 0.2) is 52.2 Å². The molecular formula is C23H24N2O4S. The fourth-order valence-corrected chi connectivity index (χ4v) is 5.00. The maximum Gasteiger partial charge on any atom is 0.251 e. The number of rotatable bonds is 5. The Morgan fingerprint density at radius 2 is 1.77 bits per heavy atom. The first-order chi connectivity index (χ1) is 14.3. The minimum Gasteiger partial charge on any atom is -0.326 e. The molecule has 1 amide bonds. The first-order valence-electron chi connectivity index (χ1n) is 10.1. The van der Waals surface area contributed by atoms with Crippen molar-refractivity contribution in [2.75, 3.05) is 5.32 Å². The van der Waals surface area contributed by atoms with Crippen molar-refractivity contribution in [2.45, 2.75) is 49.7 Å². The van der Waals surface area contributed by atoms with E-state index in [2.05, 4.69) is 10.3 Å². The van der Waals surface area contributed by atoms with E-state index in [-0.39, 0.29) is 22.8 Å².